The molecule has 0 aliphatic carbocycles. The summed E-state index contributed by atoms with van der Waals surface area (Å²) in [6.45, 7) is 3.29. The lowest BCUT2D eigenvalue weighted by Gasteiger charge is -2.52. The lowest BCUT2D eigenvalue weighted by molar-refractivity contribution is -0.945. The number of fused-ring (bicyclic) bond motifs is 3. The number of halogens is 4. The van der Waals surface area contributed by atoms with Crippen LogP contribution in [0.3, 0.4) is 0 Å². The van der Waals surface area contributed by atoms with Crippen LogP contribution in [-0.4, -0.2) is 50.0 Å². The number of methoxy groups -OCH3 is 1. The monoisotopic (exact) mass is 543 g/mol. The van der Waals surface area contributed by atoms with E-state index in [1.807, 2.05) is 12.1 Å². The summed E-state index contributed by atoms with van der Waals surface area (Å²) in [5, 5.41) is 0. The molecule has 0 spiro atoms. The number of hydrogen-bond donors (Lipinski definition) is 0. The second-order valence-corrected chi connectivity index (χ2v) is 10.5. The van der Waals surface area contributed by atoms with Gasteiger partial charge in [0.15, 0.2) is 23.6 Å². The third-order valence-corrected chi connectivity index (χ3v) is 8.05. The highest BCUT2D eigenvalue weighted by atomic mass is 19.2. The van der Waals surface area contributed by atoms with Crippen LogP contribution in [0.25, 0.3) is 0 Å². The second-order valence-electron chi connectivity index (χ2n) is 10.5. The summed E-state index contributed by atoms with van der Waals surface area (Å²) in [7, 11) is 1.64. The fourth-order valence-corrected chi connectivity index (χ4v) is 5.81. The van der Waals surface area contributed by atoms with Gasteiger partial charge in [-0.25, -0.2) is 22.4 Å². The summed E-state index contributed by atoms with van der Waals surface area (Å²) >= 11 is 0. The third kappa shape index (κ3) is 6.03. The standard InChI is InChI=1S/C30H31F4N2O3/c1-38-25-7-5-20(6-8-25)9-12-36-13-10-22(11-14-36)28(19-36)39-30(37)35(24-4-2-3-23(31)17-24)18-21-15-26(32)29(34)27(33)16-21/h2-8,15-17,22,28H,9-14,18-19H2,1H3/q+1. The van der Waals surface area contributed by atoms with Crippen LogP contribution in [-0.2, 0) is 17.7 Å². The summed E-state index contributed by atoms with van der Waals surface area (Å²) in [4.78, 5) is 14.6. The number of nitrogens with zero attached hydrogens (tertiary/aromatic N) is 2. The molecule has 3 aromatic rings. The maximum atomic E-state index is 14.1. The molecule has 1 atom stereocenters. The number of carbonyl (C=O) groups is 1. The molecule has 0 radical (unpaired) electrons. The smallest absolute Gasteiger partial charge is 0.415 e. The van der Waals surface area contributed by atoms with Crippen molar-refractivity contribution in [1.82, 2.24) is 0 Å². The second kappa shape index (κ2) is 11.3. The first-order chi connectivity index (χ1) is 18.7. The Morgan fingerprint density at radius 1 is 0.949 bits per heavy atom. The van der Waals surface area contributed by atoms with E-state index in [2.05, 4.69) is 12.1 Å². The maximum Gasteiger partial charge on any atom is 0.415 e. The van der Waals surface area contributed by atoms with Gasteiger partial charge in [-0.2, -0.15) is 0 Å². The molecule has 39 heavy (non-hydrogen) atoms. The zero-order valence-electron chi connectivity index (χ0n) is 21.7. The Morgan fingerprint density at radius 3 is 2.28 bits per heavy atom. The van der Waals surface area contributed by atoms with Gasteiger partial charge in [-0.3, -0.25) is 4.90 Å². The molecule has 3 heterocycles. The van der Waals surface area contributed by atoms with Gasteiger partial charge in [-0.05, 0) is 53.6 Å². The van der Waals surface area contributed by atoms with Gasteiger partial charge >= 0.3 is 6.09 Å². The van der Waals surface area contributed by atoms with Gasteiger partial charge in [-0.15, -0.1) is 0 Å². The Kier molecular flexibility index (Phi) is 7.79. The lowest BCUT2D eigenvalue weighted by atomic mass is 9.83. The van der Waals surface area contributed by atoms with E-state index < -0.39 is 29.4 Å². The molecule has 2 bridgehead atoms. The Morgan fingerprint density at radius 2 is 1.64 bits per heavy atom. The number of amides is 1. The summed E-state index contributed by atoms with van der Waals surface area (Å²) in [5.41, 5.74) is 1.40. The van der Waals surface area contributed by atoms with Crippen molar-refractivity contribution < 1.29 is 36.3 Å². The van der Waals surface area contributed by atoms with E-state index in [9.17, 15) is 22.4 Å². The Hall–Kier alpha value is -3.59. The molecule has 3 aromatic carbocycles. The van der Waals surface area contributed by atoms with Gasteiger partial charge in [-0.1, -0.05) is 18.2 Å². The summed E-state index contributed by atoms with van der Waals surface area (Å²) in [6.07, 6.45) is 1.66. The van der Waals surface area contributed by atoms with Crippen LogP contribution in [0.1, 0.15) is 24.0 Å². The van der Waals surface area contributed by atoms with Crippen LogP contribution in [0.4, 0.5) is 28.0 Å². The minimum Gasteiger partial charge on any atom is -0.497 e. The topological polar surface area (TPSA) is 38.8 Å². The van der Waals surface area contributed by atoms with Crippen molar-refractivity contribution in [3.05, 3.63) is 95.1 Å². The quantitative estimate of drug-likeness (QED) is 0.192. The molecule has 3 fully saturated rings. The zero-order valence-corrected chi connectivity index (χ0v) is 21.7. The Bertz CT molecular complexity index is 1300. The molecule has 3 aliphatic heterocycles. The molecule has 3 saturated heterocycles. The first kappa shape index (κ1) is 27.0. The van der Waals surface area contributed by atoms with Gasteiger partial charge in [0, 0.05) is 25.2 Å². The van der Waals surface area contributed by atoms with E-state index >= 15 is 0 Å². The van der Waals surface area contributed by atoms with Crippen LogP contribution in [0, 0.1) is 29.2 Å². The molecule has 3 aliphatic rings. The number of anilines is 1. The molecular formula is C30H31F4N2O3+. The average molecular weight is 544 g/mol. The average Bonchev–Trinajstić information content (AvgIpc) is 2.94. The van der Waals surface area contributed by atoms with Gasteiger partial charge < -0.3 is 14.0 Å². The molecule has 0 aromatic heterocycles. The SMILES string of the molecule is COc1ccc(CC[N+]23CCC(CC2)C(OC(=O)N(Cc2cc(F)c(F)c(F)c2)c2cccc(F)c2)C3)cc1. The molecule has 206 valence electrons. The first-order valence-corrected chi connectivity index (χ1v) is 13.1. The zero-order chi connectivity index (χ0) is 27.6. The molecular weight excluding hydrogens is 512 g/mol. The molecule has 1 amide bonds. The van der Waals surface area contributed by atoms with E-state index in [1.165, 1.54) is 23.8 Å². The predicted octanol–water partition coefficient (Wildman–Crippen LogP) is 6.25. The van der Waals surface area contributed by atoms with Crippen LogP contribution in [0.2, 0.25) is 0 Å². The highest BCUT2D eigenvalue weighted by Gasteiger charge is 2.47. The number of piperidine rings is 3. The fourth-order valence-electron chi connectivity index (χ4n) is 5.81. The van der Waals surface area contributed by atoms with Gasteiger partial charge in [0.25, 0.3) is 0 Å². The number of carbonyl (C=O) groups excluding carboxylic acids is 1. The van der Waals surface area contributed by atoms with E-state index in [0.29, 0.717) is 6.54 Å². The molecule has 1 unspecified atom stereocenters. The van der Waals surface area contributed by atoms with E-state index in [4.69, 9.17) is 9.47 Å². The van der Waals surface area contributed by atoms with E-state index in [1.54, 1.807) is 7.11 Å². The highest BCUT2D eigenvalue weighted by molar-refractivity contribution is 5.87. The Labute approximate surface area is 225 Å². The van der Waals surface area contributed by atoms with Gasteiger partial charge in [0.05, 0.1) is 39.0 Å². The van der Waals surface area contributed by atoms with Crippen LogP contribution in [0.15, 0.2) is 60.7 Å². The van der Waals surface area contributed by atoms with E-state index in [0.717, 1.165) is 72.2 Å². The van der Waals surface area contributed by atoms with Crippen molar-refractivity contribution in [3.63, 3.8) is 0 Å². The number of hydrogen-bond acceptors (Lipinski definition) is 3. The van der Waals surface area contributed by atoms with Crippen LogP contribution >= 0.6 is 0 Å². The highest BCUT2D eigenvalue weighted by Crippen LogP contribution is 2.36. The third-order valence-electron chi connectivity index (χ3n) is 8.05. The van der Waals surface area contributed by atoms with Crippen molar-refractivity contribution in [1.29, 1.82) is 0 Å². The Balaban J connectivity index is 1.31. The van der Waals surface area contributed by atoms with Gasteiger partial charge in [0.1, 0.15) is 18.1 Å². The van der Waals surface area contributed by atoms with Gasteiger partial charge in [0.2, 0.25) is 0 Å². The van der Waals surface area contributed by atoms with Crippen LogP contribution < -0.4 is 9.64 Å². The molecule has 0 N–H and O–H groups in total. The minimum atomic E-state index is -1.59. The predicted molar refractivity (Wildman–Crippen MR) is 138 cm³/mol. The number of benzene rings is 3. The molecule has 5 nitrogen and oxygen atoms in total. The summed E-state index contributed by atoms with van der Waals surface area (Å²) < 4.78 is 67.4. The largest absolute Gasteiger partial charge is 0.497 e. The number of rotatable bonds is 8. The number of quaternary nitrogens is 1. The molecule has 6 rings (SSSR count). The van der Waals surface area contributed by atoms with Crippen molar-refractivity contribution in [3.8, 4) is 5.75 Å². The first-order valence-electron chi connectivity index (χ1n) is 13.1. The normalized spacial score (nSPS) is 22.0. The summed E-state index contributed by atoms with van der Waals surface area (Å²) in [6, 6.07) is 15.0. The van der Waals surface area contributed by atoms with Crippen LogP contribution in [0.5, 0.6) is 5.75 Å². The van der Waals surface area contributed by atoms with Crippen molar-refractivity contribution >= 4 is 11.8 Å². The summed E-state index contributed by atoms with van der Waals surface area (Å²) in [5.74, 6) is -3.87. The lowest BCUT2D eigenvalue weighted by Crippen LogP contribution is -2.65. The number of ether oxygens (including phenoxy) is 2. The van der Waals surface area contributed by atoms with Crippen molar-refractivity contribution in [2.75, 3.05) is 38.2 Å². The van der Waals surface area contributed by atoms with Crippen molar-refractivity contribution in [2.45, 2.75) is 31.9 Å². The fraction of sp³-hybridized carbons (Fsp3) is 0.367. The molecule has 0 saturated carbocycles. The minimum absolute atomic E-state index is 0.0181. The molecule has 9 heteroatoms. The van der Waals surface area contributed by atoms with E-state index in [-0.39, 0.29) is 29.8 Å². The maximum absolute atomic E-state index is 14.1. The van der Waals surface area contributed by atoms with Crippen molar-refractivity contribution in [2.24, 2.45) is 5.92 Å².